The van der Waals surface area contributed by atoms with Gasteiger partial charge in [0.25, 0.3) is 19.8 Å². The standard InChI is InChI=1S/C48H62N5O11PSSi2/c1-32-29-53(46(57)51-43(32)54)42-28-37(64-67(8,9)47(2,3)4)38(61-42)30-59-65(58,66)63-36-27-41(52-26-25-40(50-45(52)56)49-44(55)33-19-13-10-14-20-33)62-39(36)31-60-68(48(5,6)7,34-21-15-11-16-22-34)35-23-17-12-18-24-35/h10-26,29,36-39,41-42H,27-28,30-31H2,1-9H3,(H,58,66)(H,51,54,57)(H,49,50,55,56)/t36-,37-,38+,39+,41+,42+,65?/m0/s1. The minimum absolute atomic E-state index is 0.0135. The summed E-state index contributed by atoms with van der Waals surface area (Å²) in [5.74, 6) is -0.364. The Morgan fingerprint density at radius 3 is 1.93 bits per heavy atom. The summed E-state index contributed by atoms with van der Waals surface area (Å²) in [7, 11) is -5.55. The molecular weight excluding hydrogens is 942 g/mol. The molecule has 16 nitrogen and oxygen atoms in total. The lowest BCUT2D eigenvalue weighted by molar-refractivity contribution is -0.0505. The molecule has 3 N–H and O–H groups in total. The van der Waals surface area contributed by atoms with Crippen LogP contribution in [-0.2, 0) is 39.2 Å². The van der Waals surface area contributed by atoms with Gasteiger partial charge in [-0.2, -0.15) is 4.98 Å². The summed E-state index contributed by atoms with van der Waals surface area (Å²) in [5, 5.41) is 4.20. The van der Waals surface area contributed by atoms with E-state index in [1.807, 2.05) is 36.4 Å². The third-order valence-electron chi connectivity index (χ3n) is 13.0. The fraction of sp³-hybridized carbons (Fsp3) is 0.438. The lowest BCUT2D eigenvalue weighted by atomic mass is 10.2. The predicted molar refractivity (Wildman–Crippen MR) is 269 cm³/mol. The zero-order valence-electron chi connectivity index (χ0n) is 39.9. The second kappa shape index (κ2) is 20.5. The van der Waals surface area contributed by atoms with Crippen LogP contribution >= 0.6 is 6.72 Å². The van der Waals surface area contributed by atoms with Gasteiger partial charge in [0.1, 0.15) is 30.5 Å². The Kier molecular flexibility index (Phi) is 15.4. The Labute approximate surface area is 403 Å². The summed E-state index contributed by atoms with van der Waals surface area (Å²) in [4.78, 5) is 70.2. The van der Waals surface area contributed by atoms with Crippen molar-refractivity contribution in [1.82, 2.24) is 19.1 Å². The van der Waals surface area contributed by atoms with Gasteiger partial charge in [-0.1, -0.05) is 120 Å². The van der Waals surface area contributed by atoms with Gasteiger partial charge in [-0.25, -0.2) is 9.59 Å². The summed E-state index contributed by atoms with van der Waals surface area (Å²) < 4.78 is 42.3. The molecule has 5 aromatic rings. The van der Waals surface area contributed by atoms with Crippen molar-refractivity contribution in [3.63, 3.8) is 0 Å². The molecular formula is C48H62N5O11PSSi2. The monoisotopic (exact) mass is 1000 g/mol. The maximum atomic E-state index is 13.7. The average Bonchev–Trinajstić information content (AvgIpc) is 3.86. The van der Waals surface area contributed by atoms with Crippen LogP contribution in [0, 0.1) is 6.92 Å². The summed E-state index contributed by atoms with van der Waals surface area (Å²) in [5.41, 5.74) is -1.07. The van der Waals surface area contributed by atoms with Gasteiger partial charge in [0.15, 0.2) is 8.32 Å². The van der Waals surface area contributed by atoms with E-state index in [0.29, 0.717) is 11.1 Å². The number of amides is 1. The van der Waals surface area contributed by atoms with Crippen LogP contribution in [0.3, 0.4) is 0 Å². The van der Waals surface area contributed by atoms with Crippen LogP contribution in [0.2, 0.25) is 23.2 Å². The molecule has 68 heavy (non-hydrogen) atoms. The number of aryl methyl sites for hydroxylation is 1. The molecule has 0 spiro atoms. The van der Waals surface area contributed by atoms with E-state index >= 15 is 0 Å². The summed E-state index contributed by atoms with van der Waals surface area (Å²) in [6, 6.07) is 30.3. The molecule has 0 saturated carbocycles. The highest BCUT2D eigenvalue weighted by Crippen LogP contribution is 2.50. The average molecular weight is 1000 g/mol. The summed E-state index contributed by atoms with van der Waals surface area (Å²) in [6.45, 7) is 14.2. The fourth-order valence-corrected chi connectivity index (χ4v) is 15.9. The van der Waals surface area contributed by atoms with Crippen LogP contribution < -0.4 is 32.6 Å². The van der Waals surface area contributed by atoms with Crippen molar-refractivity contribution < 1.29 is 37.1 Å². The first-order chi connectivity index (χ1) is 32.0. The second-order valence-electron chi connectivity index (χ2n) is 19.8. The number of rotatable bonds is 16. The Balaban J connectivity index is 1.17. The number of benzene rings is 3. The molecule has 2 aromatic heterocycles. The summed E-state index contributed by atoms with van der Waals surface area (Å²) >= 11 is 5.73. The lowest BCUT2D eigenvalue weighted by Gasteiger charge is -2.43. The van der Waals surface area contributed by atoms with Gasteiger partial charge < -0.3 is 37.6 Å². The van der Waals surface area contributed by atoms with Crippen LogP contribution in [0.1, 0.15) is 82.8 Å². The van der Waals surface area contributed by atoms with Gasteiger partial charge >= 0.3 is 18.1 Å². The van der Waals surface area contributed by atoms with Crippen LogP contribution in [-0.4, -0.2) is 84.2 Å². The van der Waals surface area contributed by atoms with E-state index < -0.39 is 83.1 Å². The van der Waals surface area contributed by atoms with Gasteiger partial charge in [-0.3, -0.25) is 23.7 Å². The SMILES string of the molecule is Cc1cn([C@H]2C[C@H](O[Si](C)(C)C(C)(C)C)[C@@H](COP(O)(=S)O[C@H]3C[C@H](n4ccc(NC(=O)c5ccccc5)nc4=O)O[C@@H]3CO[Si](c3ccccc3)(c3ccccc3)C(C)(C)C)O2)c(=O)[nH]c1=O. The third-order valence-corrected chi connectivity index (χ3v) is 24.1. The number of carbonyl (C=O) groups excluding carboxylic acids is 1. The van der Waals surface area contributed by atoms with E-state index in [9.17, 15) is 24.1 Å². The topological polar surface area (TPSA) is 194 Å². The molecule has 4 heterocycles. The quantitative estimate of drug-likeness (QED) is 0.0716. The van der Waals surface area contributed by atoms with Crippen molar-refractivity contribution in [3.05, 3.63) is 152 Å². The third kappa shape index (κ3) is 11.4. The van der Waals surface area contributed by atoms with Crippen molar-refractivity contribution in [1.29, 1.82) is 0 Å². The largest absolute Gasteiger partial charge is 0.411 e. The highest BCUT2D eigenvalue weighted by molar-refractivity contribution is 8.07. The van der Waals surface area contributed by atoms with E-state index in [0.717, 1.165) is 10.4 Å². The number of H-pyrrole nitrogens is 1. The highest BCUT2D eigenvalue weighted by atomic mass is 32.5. The molecule has 364 valence electrons. The fourth-order valence-electron chi connectivity index (χ4n) is 8.45. The maximum Gasteiger partial charge on any atom is 0.351 e. The molecule has 20 heteroatoms. The number of nitrogens with zero attached hydrogens (tertiary/aromatic N) is 3. The first-order valence-corrected chi connectivity index (χ1v) is 30.1. The molecule has 7 rings (SSSR count). The van der Waals surface area contributed by atoms with Gasteiger partial charge in [0, 0.05) is 36.4 Å². The minimum atomic E-state index is -4.13. The molecule has 1 amide bonds. The van der Waals surface area contributed by atoms with E-state index in [-0.39, 0.29) is 41.9 Å². The van der Waals surface area contributed by atoms with Crippen molar-refractivity contribution in [3.8, 4) is 0 Å². The molecule has 2 aliphatic rings. The van der Waals surface area contributed by atoms with Crippen molar-refractivity contribution in [2.75, 3.05) is 18.5 Å². The number of nitrogens with one attached hydrogen (secondary N) is 2. The Morgan fingerprint density at radius 2 is 1.37 bits per heavy atom. The molecule has 0 aliphatic carbocycles. The lowest BCUT2D eigenvalue weighted by Crippen LogP contribution is -2.67. The second-order valence-corrected chi connectivity index (χ2v) is 31.7. The molecule has 0 radical (unpaired) electrons. The van der Waals surface area contributed by atoms with Crippen LogP contribution in [0.15, 0.2) is 124 Å². The Bertz CT molecular complexity index is 2750. The number of anilines is 1. The van der Waals surface area contributed by atoms with Gasteiger partial charge in [-0.15, -0.1) is 0 Å². The van der Waals surface area contributed by atoms with E-state index in [4.69, 9.17) is 39.2 Å². The molecule has 2 fully saturated rings. The zero-order chi connectivity index (χ0) is 49.2. The number of carbonyl (C=O) groups is 1. The molecule has 7 atom stereocenters. The Hall–Kier alpha value is -4.51. The van der Waals surface area contributed by atoms with E-state index in [2.05, 4.69) is 94.2 Å². The smallest absolute Gasteiger partial charge is 0.351 e. The van der Waals surface area contributed by atoms with Gasteiger partial charge in [-0.05, 0) is 70.5 Å². The number of aromatic amines is 1. The van der Waals surface area contributed by atoms with Crippen LogP contribution in [0.4, 0.5) is 5.82 Å². The highest BCUT2D eigenvalue weighted by Gasteiger charge is 2.52. The van der Waals surface area contributed by atoms with Gasteiger partial charge in [0.2, 0.25) is 0 Å². The van der Waals surface area contributed by atoms with Crippen molar-refractivity contribution >= 4 is 57.3 Å². The normalized spacial score (nSPS) is 22.2. The van der Waals surface area contributed by atoms with Crippen LogP contribution in [0.25, 0.3) is 0 Å². The Morgan fingerprint density at radius 1 is 0.824 bits per heavy atom. The van der Waals surface area contributed by atoms with E-state index in [1.54, 1.807) is 37.3 Å². The van der Waals surface area contributed by atoms with Crippen LogP contribution in [0.5, 0.6) is 0 Å². The van der Waals surface area contributed by atoms with Crippen molar-refractivity contribution in [2.24, 2.45) is 0 Å². The molecule has 2 saturated heterocycles. The number of ether oxygens (including phenoxy) is 2. The van der Waals surface area contributed by atoms with E-state index in [1.165, 1.54) is 27.6 Å². The molecule has 0 bridgehead atoms. The predicted octanol–water partition coefficient (Wildman–Crippen LogP) is 6.51. The molecule has 3 aromatic carbocycles. The first-order valence-electron chi connectivity index (χ1n) is 22.7. The maximum absolute atomic E-state index is 13.7. The number of hydrogen-bond donors (Lipinski definition) is 3. The zero-order valence-corrected chi connectivity index (χ0v) is 43.6. The summed E-state index contributed by atoms with van der Waals surface area (Å²) in [6.07, 6.45) is -1.68. The molecule has 1 unspecified atom stereocenters. The number of hydrogen-bond acceptors (Lipinski definition) is 12. The molecule has 2 aliphatic heterocycles. The van der Waals surface area contributed by atoms with Gasteiger partial charge in [0.05, 0.1) is 25.4 Å². The van der Waals surface area contributed by atoms with Crippen molar-refractivity contribution in [2.45, 2.75) is 121 Å². The first kappa shape index (κ1) is 51.3. The minimum Gasteiger partial charge on any atom is -0.411 e. The number of aromatic nitrogens is 4.